The average Bonchev–Trinajstić information content (AvgIpc) is 2.98. The molecule has 0 bridgehead atoms. The van der Waals surface area contributed by atoms with E-state index in [0.717, 1.165) is 12.1 Å². The number of ether oxygens (including phenoxy) is 1. The molecule has 1 aliphatic heterocycles. The first-order valence-corrected chi connectivity index (χ1v) is 8.22. The maximum atomic E-state index is 13.0. The minimum Gasteiger partial charge on any atom is -0.383 e. The summed E-state index contributed by atoms with van der Waals surface area (Å²) >= 11 is 0. The summed E-state index contributed by atoms with van der Waals surface area (Å²) in [4.78, 5) is 25.6. The van der Waals surface area contributed by atoms with Gasteiger partial charge in [-0.15, -0.1) is 0 Å². The quantitative estimate of drug-likeness (QED) is 0.758. The highest BCUT2D eigenvalue weighted by molar-refractivity contribution is 5.82. The summed E-state index contributed by atoms with van der Waals surface area (Å²) in [6.07, 6.45) is -3.42. The van der Waals surface area contributed by atoms with Crippen molar-refractivity contribution in [3.8, 4) is 0 Å². The van der Waals surface area contributed by atoms with Crippen LogP contribution in [-0.2, 0) is 20.5 Å². The van der Waals surface area contributed by atoms with E-state index in [9.17, 15) is 22.8 Å². The van der Waals surface area contributed by atoms with Gasteiger partial charge in [0.05, 0.1) is 18.2 Å². The normalized spacial score (nSPS) is 17.3. The van der Waals surface area contributed by atoms with Crippen molar-refractivity contribution in [2.24, 2.45) is 5.73 Å². The number of nitrogens with zero attached hydrogens (tertiary/aromatic N) is 1. The van der Waals surface area contributed by atoms with Crippen molar-refractivity contribution in [2.45, 2.75) is 31.1 Å². The van der Waals surface area contributed by atoms with Gasteiger partial charge in [0.1, 0.15) is 6.04 Å². The van der Waals surface area contributed by atoms with E-state index in [2.05, 4.69) is 5.32 Å². The predicted molar refractivity (Wildman–Crippen MR) is 88.0 cm³/mol. The van der Waals surface area contributed by atoms with Crippen molar-refractivity contribution in [1.82, 2.24) is 10.2 Å². The second kappa shape index (κ2) is 8.50. The zero-order valence-electron chi connectivity index (χ0n) is 14.4. The molecule has 2 atom stereocenters. The van der Waals surface area contributed by atoms with Gasteiger partial charge in [-0.05, 0) is 24.1 Å². The Balaban J connectivity index is 2.24. The highest BCUT2D eigenvalue weighted by Crippen LogP contribution is 2.31. The second-order valence-electron chi connectivity index (χ2n) is 6.19. The minimum atomic E-state index is -4.50. The molecule has 3 N–H and O–H groups in total. The van der Waals surface area contributed by atoms with Crippen LogP contribution >= 0.6 is 0 Å². The monoisotopic (exact) mass is 373 g/mol. The molecular weight excluding hydrogens is 351 g/mol. The number of likely N-dealkylation sites (tertiary alicyclic amines) is 1. The van der Waals surface area contributed by atoms with E-state index in [1.807, 2.05) is 0 Å². The molecule has 0 spiro atoms. The van der Waals surface area contributed by atoms with Gasteiger partial charge in [-0.2, -0.15) is 13.2 Å². The molecule has 1 fully saturated rings. The summed E-state index contributed by atoms with van der Waals surface area (Å²) in [7, 11) is 1.39. The van der Waals surface area contributed by atoms with Crippen molar-refractivity contribution in [1.29, 1.82) is 0 Å². The third-order valence-electron chi connectivity index (χ3n) is 4.19. The molecular formula is C17H22F3N3O3. The number of hydrogen-bond donors (Lipinski definition) is 2. The van der Waals surface area contributed by atoms with Gasteiger partial charge in [0, 0.05) is 26.6 Å². The molecule has 1 saturated heterocycles. The maximum Gasteiger partial charge on any atom is 0.416 e. The summed E-state index contributed by atoms with van der Waals surface area (Å²) < 4.78 is 43.8. The van der Waals surface area contributed by atoms with E-state index >= 15 is 0 Å². The number of rotatable bonds is 7. The fourth-order valence-electron chi connectivity index (χ4n) is 2.82. The molecule has 2 unspecified atom stereocenters. The molecule has 2 rings (SSSR count). The third-order valence-corrected chi connectivity index (χ3v) is 4.19. The molecule has 0 saturated carbocycles. The van der Waals surface area contributed by atoms with Crippen molar-refractivity contribution < 1.29 is 27.5 Å². The van der Waals surface area contributed by atoms with Crippen LogP contribution < -0.4 is 11.1 Å². The summed E-state index contributed by atoms with van der Waals surface area (Å²) in [5.74, 6) is -0.640. The Kier molecular flexibility index (Phi) is 6.60. The number of benzene rings is 1. The van der Waals surface area contributed by atoms with Gasteiger partial charge in [-0.25, -0.2) is 0 Å². The SMILES string of the molecule is COCC(N)C(=O)NC(CN1CCCC1=O)c1cccc(C(F)(F)F)c1. The molecule has 1 aliphatic rings. The molecule has 1 aromatic carbocycles. The van der Waals surface area contributed by atoms with Gasteiger partial charge >= 0.3 is 6.18 Å². The van der Waals surface area contributed by atoms with Crippen molar-refractivity contribution in [3.63, 3.8) is 0 Å². The van der Waals surface area contributed by atoms with Crippen LogP contribution in [0.3, 0.4) is 0 Å². The lowest BCUT2D eigenvalue weighted by Gasteiger charge is -2.26. The summed E-state index contributed by atoms with van der Waals surface area (Å²) in [6.45, 7) is 0.573. The lowest BCUT2D eigenvalue weighted by Crippen LogP contribution is -2.47. The molecule has 144 valence electrons. The molecule has 2 amide bonds. The number of methoxy groups -OCH3 is 1. The summed E-state index contributed by atoms with van der Waals surface area (Å²) in [5, 5.41) is 2.64. The van der Waals surface area contributed by atoms with E-state index < -0.39 is 29.7 Å². The van der Waals surface area contributed by atoms with Crippen LogP contribution in [0.2, 0.25) is 0 Å². The van der Waals surface area contributed by atoms with Crippen molar-refractivity contribution in [2.75, 3.05) is 26.8 Å². The molecule has 1 heterocycles. The number of nitrogens with two attached hydrogens (primary N) is 1. The van der Waals surface area contributed by atoms with Gasteiger partial charge in [0.2, 0.25) is 11.8 Å². The topological polar surface area (TPSA) is 84.7 Å². The van der Waals surface area contributed by atoms with Crippen LogP contribution in [0.15, 0.2) is 24.3 Å². The fourth-order valence-corrected chi connectivity index (χ4v) is 2.82. The number of nitrogens with one attached hydrogen (secondary N) is 1. The molecule has 26 heavy (non-hydrogen) atoms. The number of alkyl halides is 3. The lowest BCUT2D eigenvalue weighted by molar-refractivity contribution is -0.137. The van der Waals surface area contributed by atoms with Crippen LogP contribution in [0, 0.1) is 0 Å². The second-order valence-corrected chi connectivity index (χ2v) is 6.19. The summed E-state index contributed by atoms with van der Waals surface area (Å²) in [6, 6.07) is 2.95. The van der Waals surface area contributed by atoms with Gasteiger partial charge in [0.25, 0.3) is 0 Å². The Labute approximate surface area is 149 Å². The Hall–Kier alpha value is -2.13. The highest BCUT2D eigenvalue weighted by Gasteiger charge is 2.32. The van der Waals surface area contributed by atoms with Gasteiger partial charge in [0.15, 0.2) is 0 Å². The third kappa shape index (κ3) is 5.18. The van der Waals surface area contributed by atoms with E-state index in [1.54, 1.807) is 0 Å². The van der Waals surface area contributed by atoms with E-state index in [0.29, 0.717) is 19.4 Å². The van der Waals surface area contributed by atoms with E-state index in [-0.39, 0.29) is 24.6 Å². The van der Waals surface area contributed by atoms with Crippen LogP contribution in [0.1, 0.15) is 30.0 Å². The molecule has 0 aliphatic carbocycles. The number of carbonyl (C=O) groups is 2. The lowest BCUT2D eigenvalue weighted by atomic mass is 10.0. The largest absolute Gasteiger partial charge is 0.416 e. The molecule has 0 aromatic heterocycles. The zero-order chi connectivity index (χ0) is 19.3. The van der Waals surface area contributed by atoms with E-state index in [4.69, 9.17) is 10.5 Å². The van der Waals surface area contributed by atoms with Crippen molar-refractivity contribution in [3.05, 3.63) is 35.4 Å². The standard InChI is InChI=1S/C17H22F3N3O3/c1-26-10-13(21)16(25)22-14(9-23-7-3-6-15(23)24)11-4-2-5-12(8-11)17(18,19)20/h2,4-5,8,13-14H,3,6-7,9-10,21H2,1H3,(H,22,25). The Bertz CT molecular complexity index is 652. The minimum absolute atomic E-state index is 0.0240. The Morgan fingerprint density at radius 1 is 1.42 bits per heavy atom. The highest BCUT2D eigenvalue weighted by atomic mass is 19.4. The van der Waals surface area contributed by atoms with Gasteiger partial charge in [-0.1, -0.05) is 12.1 Å². The number of carbonyl (C=O) groups excluding carboxylic acids is 2. The number of amides is 2. The zero-order valence-corrected chi connectivity index (χ0v) is 14.4. The van der Waals surface area contributed by atoms with Crippen LogP contribution in [-0.4, -0.2) is 49.6 Å². The first kappa shape index (κ1) is 20.2. The molecule has 9 heteroatoms. The molecule has 6 nitrogen and oxygen atoms in total. The van der Waals surface area contributed by atoms with Crippen LogP contribution in [0.25, 0.3) is 0 Å². The predicted octanol–water partition coefficient (Wildman–Crippen LogP) is 1.46. The van der Waals surface area contributed by atoms with E-state index in [1.165, 1.54) is 24.1 Å². The molecule has 1 aromatic rings. The van der Waals surface area contributed by atoms with Crippen LogP contribution in [0.5, 0.6) is 0 Å². The number of halogens is 3. The van der Waals surface area contributed by atoms with Crippen LogP contribution in [0.4, 0.5) is 13.2 Å². The van der Waals surface area contributed by atoms with Crippen molar-refractivity contribution >= 4 is 11.8 Å². The van der Waals surface area contributed by atoms with Gasteiger partial charge in [-0.3, -0.25) is 9.59 Å². The van der Waals surface area contributed by atoms with Gasteiger partial charge < -0.3 is 20.7 Å². The average molecular weight is 373 g/mol. The Morgan fingerprint density at radius 2 is 2.15 bits per heavy atom. The smallest absolute Gasteiger partial charge is 0.383 e. The maximum absolute atomic E-state index is 13.0. The fraction of sp³-hybridized carbons (Fsp3) is 0.529. The molecule has 0 radical (unpaired) electrons. The summed E-state index contributed by atoms with van der Waals surface area (Å²) in [5.41, 5.74) is 5.14. The number of hydrogen-bond acceptors (Lipinski definition) is 4. The first-order valence-electron chi connectivity index (χ1n) is 8.22. The Morgan fingerprint density at radius 3 is 2.73 bits per heavy atom. The first-order chi connectivity index (χ1) is 12.2.